The summed E-state index contributed by atoms with van der Waals surface area (Å²) in [7, 11) is 0. The number of primary amides is 1. The van der Waals surface area contributed by atoms with Crippen LogP contribution in [0.5, 0.6) is 0 Å². The van der Waals surface area contributed by atoms with E-state index in [9.17, 15) is 9.59 Å². The number of rotatable bonds is 3. The first kappa shape index (κ1) is 15.3. The van der Waals surface area contributed by atoms with Crippen molar-refractivity contribution in [3.05, 3.63) is 57.0 Å². The van der Waals surface area contributed by atoms with Gasteiger partial charge >= 0.3 is 0 Å². The van der Waals surface area contributed by atoms with E-state index in [4.69, 9.17) is 23.1 Å². The Hall–Kier alpha value is -2.05. The predicted molar refractivity (Wildman–Crippen MR) is 86.5 cm³/mol. The highest BCUT2D eigenvalue weighted by Crippen LogP contribution is 2.24. The van der Waals surface area contributed by atoms with E-state index in [1.165, 1.54) is 24.3 Å². The van der Waals surface area contributed by atoms with Gasteiger partial charge in [-0.1, -0.05) is 27.5 Å². The van der Waals surface area contributed by atoms with Crippen LogP contribution in [0, 0.1) is 0 Å². The summed E-state index contributed by atoms with van der Waals surface area (Å²) in [4.78, 5) is 23.3. The van der Waals surface area contributed by atoms with E-state index >= 15 is 0 Å². The molecule has 7 heteroatoms. The molecule has 0 heterocycles. The summed E-state index contributed by atoms with van der Waals surface area (Å²) in [6.45, 7) is 0. The van der Waals surface area contributed by atoms with E-state index in [0.717, 1.165) is 0 Å². The second-order valence-corrected chi connectivity index (χ2v) is 5.61. The van der Waals surface area contributed by atoms with Gasteiger partial charge in [-0.25, -0.2) is 0 Å². The van der Waals surface area contributed by atoms with Crippen molar-refractivity contribution in [2.24, 2.45) is 5.73 Å². The summed E-state index contributed by atoms with van der Waals surface area (Å²) in [5.41, 5.74) is 12.3. The number of hydrogen-bond acceptors (Lipinski definition) is 3. The smallest absolute Gasteiger partial charge is 0.255 e. The minimum absolute atomic E-state index is 0.253. The van der Waals surface area contributed by atoms with E-state index in [-0.39, 0.29) is 5.56 Å². The normalized spacial score (nSPS) is 10.2. The first-order valence-corrected chi connectivity index (χ1v) is 7.00. The van der Waals surface area contributed by atoms with Gasteiger partial charge in [-0.3, -0.25) is 9.59 Å². The lowest BCUT2D eigenvalue weighted by Crippen LogP contribution is -2.15. The highest BCUT2D eigenvalue weighted by Gasteiger charge is 2.12. The third-order valence-electron chi connectivity index (χ3n) is 2.68. The average Bonchev–Trinajstić information content (AvgIpc) is 2.39. The number of benzene rings is 2. The molecule has 0 aliphatic carbocycles. The van der Waals surface area contributed by atoms with Crippen LogP contribution in [0.1, 0.15) is 20.7 Å². The van der Waals surface area contributed by atoms with Gasteiger partial charge < -0.3 is 16.8 Å². The Morgan fingerprint density at radius 1 is 1.10 bits per heavy atom. The molecule has 2 rings (SSSR count). The Kier molecular flexibility index (Phi) is 4.50. The van der Waals surface area contributed by atoms with E-state index in [0.29, 0.717) is 26.4 Å². The van der Waals surface area contributed by atoms with Gasteiger partial charge in [-0.05, 0) is 36.4 Å². The van der Waals surface area contributed by atoms with Crippen LogP contribution in [-0.4, -0.2) is 11.8 Å². The first-order valence-electron chi connectivity index (χ1n) is 5.83. The lowest BCUT2D eigenvalue weighted by atomic mass is 10.1. The minimum Gasteiger partial charge on any atom is -0.399 e. The number of carbonyl (C=O) groups excluding carboxylic acids is 2. The number of hydrogen-bond donors (Lipinski definition) is 3. The minimum atomic E-state index is -0.603. The SMILES string of the molecule is NC(=O)c1ccc(Cl)c(NC(=O)c2cc(N)cc(Br)c2)c1. The Labute approximate surface area is 134 Å². The summed E-state index contributed by atoms with van der Waals surface area (Å²) in [6, 6.07) is 9.23. The molecule has 0 radical (unpaired) electrons. The molecule has 5 N–H and O–H groups in total. The molecule has 2 aromatic rings. The fraction of sp³-hybridized carbons (Fsp3) is 0. The number of nitrogens with one attached hydrogen (secondary N) is 1. The quantitative estimate of drug-likeness (QED) is 0.726. The van der Waals surface area contributed by atoms with Crippen molar-refractivity contribution >= 4 is 50.7 Å². The van der Waals surface area contributed by atoms with Gasteiger partial charge in [-0.15, -0.1) is 0 Å². The lowest BCUT2D eigenvalue weighted by Gasteiger charge is -2.09. The Morgan fingerprint density at radius 2 is 1.81 bits per heavy atom. The van der Waals surface area contributed by atoms with Crippen molar-refractivity contribution in [2.75, 3.05) is 11.1 Å². The molecule has 0 fully saturated rings. The maximum absolute atomic E-state index is 12.2. The second kappa shape index (κ2) is 6.15. The second-order valence-electron chi connectivity index (χ2n) is 4.29. The number of amides is 2. The molecular weight excluding hydrogens is 358 g/mol. The van der Waals surface area contributed by atoms with Crippen LogP contribution in [-0.2, 0) is 0 Å². The fourth-order valence-electron chi connectivity index (χ4n) is 1.71. The topological polar surface area (TPSA) is 98.2 Å². The molecule has 0 saturated heterocycles. The van der Waals surface area contributed by atoms with Gasteiger partial charge in [0.05, 0.1) is 10.7 Å². The summed E-state index contributed by atoms with van der Waals surface area (Å²) >= 11 is 9.26. The standard InChI is InChI=1S/C14H11BrClN3O2/c15-9-3-8(4-10(17)6-9)14(21)19-12-5-7(13(18)20)1-2-11(12)16/h1-6H,17H2,(H2,18,20)(H,19,21). The highest BCUT2D eigenvalue weighted by atomic mass is 79.9. The molecule has 0 unspecified atom stereocenters. The molecule has 0 aliphatic rings. The van der Waals surface area contributed by atoms with Gasteiger partial charge in [0.1, 0.15) is 0 Å². The van der Waals surface area contributed by atoms with Crippen LogP contribution in [0.4, 0.5) is 11.4 Å². The van der Waals surface area contributed by atoms with Crippen LogP contribution in [0.2, 0.25) is 5.02 Å². The molecule has 0 aliphatic heterocycles. The molecule has 5 nitrogen and oxygen atoms in total. The van der Waals surface area contributed by atoms with E-state index < -0.39 is 11.8 Å². The zero-order chi connectivity index (χ0) is 15.6. The molecule has 0 bridgehead atoms. The van der Waals surface area contributed by atoms with Gasteiger partial charge in [0, 0.05) is 21.3 Å². The molecule has 21 heavy (non-hydrogen) atoms. The third kappa shape index (κ3) is 3.74. The van der Waals surface area contributed by atoms with Crippen molar-refractivity contribution in [1.29, 1.82) is 0 Å². The van der Waals surface area contributed by atoms with Crippen molar-refractivity contribution < 1.29 is 9.59 Å². The van der Waals surface area contributed by atoms with Crippen molar-refractivity contribution in [3.63, 3.8) is 0 Å². The first-order chi connectivity index (χ1) is 9.86. The molecule has 108 valence electrons. The highest BCUT2D eigenvalue weighted by molar-refractivity contribution is 9.10. The van der Waals surface area contributed by atoms with Gasteiger partial charge in [0.25, 0.3) is 5.91 Å². The van der Waals surface area contributed by atoms with Crippen LogP contribution in [0.3, 0.4) is 0 Å². The average molecular weight is 369 g/mol. The largest absolute Gasteiger partial charge is 0.399 e. The van der Waals surface area contributed by atoms with E-state index in [1.54, 1.807) is 12.1 Å². The zero-order valence-electron chi connectivity index (χ0n) is 10.7. The lowest BCUT2D eigenvalue weighted by molar-refractivity contribution is 0.0996. The van der Waals surface area contributed by atoms with Gasteiger partial charge in [0.15, 0.2) is 0 Å². The maximum atomic E-state index is 12.2. The Balaban J connectivity index is 2.31. The van der Waals surface area contributed by atoms with Crippen LogP contribution in [0.15, 0.2) is 40.9 Å². The Morgan fingerprint density at radius 3 is 2.43 bits per heavy atom. The van der Waals surface area contributed by atoms with Gasteiger partial charge in [-0.2, -0.15) is 0 Å². The summed E-state index contributed by atoms with van der Waals surface area (Å²) < 4.78 is 0.685. The molecule has 2 aromatic carbocycles. The number of carbonyl (C=O) groups is 2. The van der Waals surface area contributed by atoms with Gasteiger partial charge in [0.2, 0.25) is 5.91 Å². The number of nitrogen functional groups attached to an aromatic ring is 1. The predicted octanol–water partition coefficient (Wildman–Crippen LogP) is 3.04. The monoisotopic (exact) mass is 367 g/mol. The molecule has 0 saturated carbocycles. The summed E-state index contributed by atoms with van der Waals surface area (Å²) in [5, 5.41) is 2.92. The van der Waals surface area contributed by atoms with Crippen LogP contribution >= 0.6 is 27.5 Å². The molecule has 0 spiro atoms. The van der Waals surface area contributed by atoms with Crippen LogP contribution < -0.4 is 16.8 Å². The summed E-state index contributed by atoms with van der Waals surface area (Å²) in [5.74, 6) is -1.000. The van der Waals surface area contributed by atoms with Crippen LogP contribution in [0.25, 0.3) is 0 Å². The third-order valence-corrected chi connectivity index (χ3v) is 3.47. The van der Waals surface area contributed by atoms with Crippen molar-refractivity contribution in [3.8, 4) is 0 Å². The maximum Gasteiger partial charge on any atom is 0.255 e. The molecule has 2 amide bonds. The van der Waals surface area contributed by atoms with Crippen molar-refractivity contribution in [1.82, 2.24) is 0 Å². The molecule has 0 atom stereocenters. The fourth-order valence-corrected chi connectivity index (χ4v) is 2.39. The molecular formula is C14H11BrClN3O2. The zero-order valence-corrected chi connectivity index (χ0v) is 13.0. The van der Waals surface area contributed by atoms with E-state index in [2.05, 4.69) is 21.2 Å². The number of anilines is 2. The van der Waals surface area contributed by atoms with E-state index in [1.807, 2.05) is 0 Å². The molecule has 0 aromatic heterocycles. The van der Waals surface area contributed by atoms with Crippen molar-refractivity contribution in [2.45, 2.75) is 0 Å². The number of nitrogens with two attached hydrogens (primary N) is 2. The Bertz CT molecular complexity index is 714. The summed E-state index contributed by atoms with van der Waals surface area (Å²) in [6.07, 6.45) is 0. The number of halogens is 2.